The first-order chi connectivity index (χ1) is 12.8. The Bertz CT molecular complexity index is 1010. The molecule has 6 heteroatoms. The van der Waals surface area contributed by atoms with Crippen molar-refractivity contribution in [1.29, 1.82) is 0 Å². The molecule has 0 heterocycles. The van der Waals surface area contributed by atoms with Gasteiger partial charge in [-0.3, -0.25) is 4.79 Å². The lowest BCUT2D eigenvalue weighted by Gasteiger charge is -2.11. The van der Waals surface area contributed by atoms with Gasteiger partial charge in [-0.05, 0) is 41.5 Å². The number of hydrogen-bond acceptors (Lipinski definition) is 2. The summed E-state index contributed by atoms with van der Waals surface area (Å²) < 4.78 is 14.5. The van der Waals surface area contributed by atoms with E-state index in [-0.39, 0.29) is 34.5 Å². The molecule has 0 aliphatic heterocycles. The number of Topliss-reactive ketones (excluding diaryl/α,β-unsaturated/α-hetero) is 1. The minimum Gasteiger partial charge on any atom is -0.478 e. The second kappa shape index (κ2) is 7.91. The van der Waals surface area contributed by atoms with Crippen LogP contribution in [0, 0.1) is 5.82 Å². The molecule has 0 fully saturated rings. The van der Waals surface area contributed by atoms with Gasteiger partial charge in [0.05, 0.1) is 5.56 Å². The fourth-order valence-electron chi connectivity index (χ4n) is 2.79. The summed E-state index contributed by atoms with van der Waals surface area (Å²) in [6.45, 7) is 0. The molecule has 136 valence electrons. The van der Waals surface area contributed by atoms with Crippen LogP contribution in [0.4, 0.5) is 4.39 Å². The Morgan fingerprint density at radius 1 is 0.926 bits per heavy atom. The third-order valence-electron chi connectivity index (χ3n) is 4.04. The molecule has 0 radical (unpaired) electrons. The van der Waals surface area contributed by atoms with Crippen LogP contribution in [0.15, 0.2) is 60.7 Å². The van der Waals surface area contributed by atoms with Crippen molar-refractivity contribution in [2.45, 2.75) is 6.42 Å². The summed E-state index contributed by atoms with van der Waals surface area (Å²) in [4.78, 5) is 24.1. The fourth-order valence-corrected chi connectivity index (χ4v) is 3.32. The maximum atomic E-state index is 14.5. The minimum atomic E-state index is -1.31. The van der Waals surface area contributed by atoms with E-state index in [4.69, 9.17) is 23.2 Å². The van der Waals surface area contributed by atoms with Gasteiger partial charge in [0.15, 0.2) is 5.78 Å². The van der Waals surface area contributed by atoms with Gasteiger partial charge in [-0.2, -0.15) is 0 Å². The second-order valence-electron chi connectivity index (χ2n) is 5.92. The molecule has 0 unspecified atom stereocenters. The highest BCUT2D eigenvalue weighted by Crippen LogP contribution is 2.28. The van der Waals surface area contributed by atoms with E-state index in [1.54, 1.807) is 30.3 Å². The summed E-state index contributed by atoms with van der Waals surface area (Å²) in [6.07, 6.45) is -0.224. The van der Waals surface area contributed by atoms with Gasteiger partial charge in [-0.15, -0.1) is 0 Å². The van der Waals surface area contributed by atoms with E-state index in [0.29, 0.717) is 15.6 Å². The first kappa shape index (κ1) is 19.1. The largest absolute Gasteiger partial charge is 0.478 e. The van der Waals surface area contributed by atoms with Crippen LogP contribution in [0.25, 0.3) is 11.1 Å². The lowest BCUT2D eigenvalue weighted by molar-refractivity contribution is 0.0695. The zero-order chi connectivity index (χ0) is 19.6. The van der Waals surface area contributed by atoms with Gasteiger partial charge in [-0.25, -0.2) is 9.18 Å². The number of carbonyl (C=O) groups is 2. The van der Waals surface area contributed by atoms with Gasteiger partial charge < -0.3 is 5.11 Å². The third kappa shape index (κ3) is 4.35. The maximum Gasteiger partial charge on any atom is 0.336 e. The number of carboxylic acids is 1. The highest BCUT2D eigenvalue weighted by Gasteiger charge is 2.19. The first-order valence-electron chi connectivity index (χ1n) is 7.95. The molecule has 0 aromatic heterocycles. The van der Waals surface area contributed by atoms with Crippen molar-refractivity contribution < 1.29 is 19.1 Å². The monoisotopic (exact) mass is 402 g/mol. The van der Waals surface area contributed by atoms with Crippen molar-refractivity contribution in [3.8, 4) is 11.1 Å². The van der Waals surface area contributed by atoms with Crippen molar-refractivity contribution in [3.63, 3.8) is 0 Å². The van der Waals surface area contributed by atoms with E-state index < -0.39 is 11.8 Å². The van der Waals surface area contributed by atoms with Crippen molar-refractivity contribution in [3.05, 3.63) is 93.2 Å². The Morgan fingerprint density at radius 2 is 1.56 bits per heavy atom. The molecule has 0 amide bonds. The molecule has 3 nitrogen and oxygen atoms in total. The van der Waals surface area contributed by atoms with E-state index in [1.165, 1.54) is 24.3 Å². The number of hydrogen-bond donors (Lipinski definition) is 1. The van der Waals surface area contributed by atoms with Crippen molar-refractivity contribution in [1.82, 2.24) is 0 Å². The Hall–Kier alpha value is -2.69. The molecule has 0 aliphatic carbocycles. The van der Waals surface area contributed by atoms with Crippen molar-refractivity contribution in [2.75, 3.05) is 0 Å². The number of halogens is 3. The van der Waals surface area contributed by atoms with Gasteiger partial charge in [0, 0.05) is 27.6 Å². The van der Waals surface area contributed by atoms with Crippen LogP contribution in [0.3, 0.4) is 0 Å². The predicted octanol–water partition coefficient (Wildman–Crippen LogP) is 5.92. The molecule has 0 aliphatic rings. The van der Waals surface area contributed by atoms with Gasteiger partial charge in [0.25, 0.3) is 0 Å². The lowest BCUT2D eigenvalue weighted by atomic mass is 9.94. The van der Waals surface area contributed by atoms with E-state index in [1.807, 2.05) is 0 Å². The Morgan fingerprint density at radius 3 is 2.15 bits per heavy atom. The van der Waals surface area contributed by atoms with E-state index in [0.717, 1.165) is 6.07 Å². The number of benzene rings is 3. The topological polar surface area (TPSA) is 54.4 Å². The fraction of sp³-hybridized carbons (Fsp3) is 0.0476. The zero-order valence-electron chi connectivity index (χ0n) is 13.9. The number of ketones is 1. The van der Waals surface area contributed by atoms with Crippen LogP contribution in [0.5, 0.6) is 0 Å². The normalized spacial score (nSPS) is 10.6. The number of carboxylic acid groups (broad SMARTS) is 1. The smallest absolute Gasteiger partial charge is 0.336 e. The highest BCUT2D eigenvalue weighted by atomic mass is 35.5. The molecular formula is C21H13Cl2FO3. The van der Waals surface area contributed by atoms with Crippen LogP contribution in [0.2, 0.25) is 10.0 Å². The van der Waals surface area contributed by atoms with E-state index in [9.17, 15) is 19.1 Å². The summed E-state index contributed by atoms with van der Waals surface area (Å²) in [6, 6.07) is 15.5. The van der Waals surface area contributed by atoms with Gasteiger partial charge in [0.1, 0.15) is 5.82 Å². The van der Waals surface area contributed by atoms with E-state index >= 15 is 0 Å². The first-order valence-corrected chi connectivity index (χ1v) is 8.71. The minimum absolute atomic E-state index is 0.212. The van der Waals surface area contributed by atoms with Crippen LogP contribution in [0.1, 0.15) is 26.3 Å². The summed E-state index contributed by atoms with van der Waals surface area (Å²) in [7, 11) is 0. The SMILES string of the molecule is O=C(Cc1cc(-c2ccccc2)c(F)cc1C(=O)O)c1cc(Cl)cc(Cl)c1. The highest BCUT2D eigenvalue weighted by molar-refractivity contribution is 6.35. The third-order valence-corrected chi connectivity index (χ3v) is 4.48. The summed E-state index contributed by atoms with van der Waals surface area (Å²) in [5.41, 5.74) is 1.03. The van der Waals surface area contributed by atoms with Gasteiger partial charge in [0.2, 0.25) is 0 Å². The lowest BCUT2D eigenvalue weighted by Crippen LogP contribution is -2.10. The Kier molecular flexibility index (Phi) is 5.59. The summed E-state index contributed by atoms with van der Waals surface area (Å²) in [5.74, 6) is -2.34. The average molecular weight is 403 g/mol. The van der Waals surface area contributed by atoms with E-state index in [2.05, 4.69) is 0 Å². The number of aromatic carboxylic acids is 1. The van der Waals surface area contributed by atoms with Crippen LogP contribution in [-0.4, -0.2) is 16.9 Å². The molecule has 0 atom stereocenters. The molecule has 0 bridgehead atoms. The molecule has 0 saturated carbocycles. The maximum absolute atomic E-state index is 14.5. The standard InChI is InChI=1S/C21H13Cl2FO3/c22-15-6-14(7-16(23)10-15)20(25)9-13-8-17(12-4-2-1-3-5-12)19(24)11-18(13)21(26)27/h1-8,10-11H,9H2,(H,26,27). The van der Waals surface area contributed by atoms with Crippen molar-refractivity contribution in [2.24, 2.45) is 0 Å². The molecule has 0 saturated heterocycles. The molecule has 3 rings (SSSR count). The summed E-state index contributed by atoms with van der Waals surface area (Å²) in [5, 5.41) is 10.0. The molecule has 0 spiro atoms. The van der Waals surface area contributed by atoms with Crippen LogP contribution >= 0.6 is 23.2 Å². The molecule has 3 aromatic rings. The Labute approximate surface area is 165 Å². The summed E-state index contributed by atoms with van der Waals surface area (Å²) >= 11 is 11.8. The van der Waals surface area contributed by atoms with Crippen LogP contribution in [-0.2, 0) is 6.42 Å². The number of carbonyl (C=O) groups excluding carboxylic acids is 1. The average Bonchev–Trinajstić information content (AvgIpc) is 2.62. The van der Waals surface area contributed by atoms with Gasteiger partial charge in [-0.1, -0.05) is 53.5 Å². The van der Waals surface area contributed by atoms with Gasteiger partial charge >= 0.3 is 5.97 Å². The number of rotatable bonds is 5. The molecule has 1 N–H and O–H groups in total. The Balaban J connectivity index is 2.05. The van der Waals surface area contributed by atoms with Crippen LogP contribution < -0.4 is 0 Å². The zero-order valence-corrected chi connectivity index (χ0v) is 15.4. The quantitative estimate of drug-likeness (QED) is 0.538. The van der Waals surface area contributed by atoms with Crippen molar-refractivity contribution >= 4 is 35.0 Å². The molecule has 27 heavy (non-hydrogen) atoms. The second-order valence-corrected chi connectivity index (χ2v) is 6.79. The molecule has 3 aromatic carbocycles. The predicted molar refractivity (Wildman–Crippen MR) is 103 cm³/mol. The molecular weight excluding hydrogens is 390 g/mol.